The minimum Gasteiger partial charge on any atom is -0.489 e. The van der Waals surface area contributed by atoms with Gasteiger partial charge in [0.25, 0.3) is 0 Å². The highest BCUT2D eigenvalue weighted by atomic mass is 16.5. The number of pyridine rings is 1. The van der Waals surface area contributed by atoms with E-state index in [1.54, 1.807) is 17.3 Å². The quantitative estimate of drug-likeness (QED) is 0.812. The monoisotopic (exact) mass is 394 g/mol. The second-order valence-corrected chi connectivity index (χ2v) is 7.98. The molecule has 1 saturated heterocycles. The molecule has 1 aromatic heterocycles. The van der Waals surface area contributed by atoms with Gasteiger partial charge in [-0.15, -0.1) is 0 Å². The molecule has 2 fully saturated rings. The van der Waals surface area contributed by atoms with Crippen molar-refractivity contribution in [1.29, 1.82) is 0 Å². The highest BCUT2D eigenvalue weighted by Crippen LogP contribution is 2.40. The van der Waals surface area contributed by atoms with Gasteiger partial charge in [-0.05, 0) is 48.9 Å². The molecule has 0 bridgehead atoms. The number of aliphatic carboxylic acids is 1. The number of carboxylic acid groups (broad SMARTS) is 1. The molecule has 29 heavy (non-hydrogen) atoms. The van der Waals surface area contributed by atoms with E-state index >= 15 is 0 Å². The fourth-order valence-corrected chi connectivity index (χ4v) is 4.70. The number of amides is 1. The predicted molar refractivity (Wildman–Crippen MR) is 107 cm³/mol. The van der Waals surface area contributed by atoms with E-state index < -0.39 is 12.0 Å². The summed E-state index contributed by atoms with van der Waals surface area (Å²) < 4.78 is 5.83. The summed E-state index contributed by atoms with van der Waals surface area (Å²) in [6.45, 7) is 0.405. The Bertz CT molecular complexity index is 870. The summed E-state index contributed by atoms with van der Waals surface area (Å²) >= 11 is 0. The van der Waals surface area contributed by atoms with Gasteiger partial charge in [0.15, 0.2) is 0 Å². The lowest BCUT2D eigenvalue weighted by atomic mass is 9.84. The van der Waals surface area contributed by atoms with Crippen LogP contribution >= 0.6 is 0 Å². The molecule has 2 aliphatic rings. The smallest absolute Gasteiger partial charge is 0.326 e. The third-order valence-electron chi connectivity index (χ3n) is 6.04. The van der Waals surface area contributed by atoms with Crippen LogP contribution in [-0.2, 0) is 22.6 Å². The molecule has 1 aromatic carbocycles. The van der Waals surface area contributed by atoms with E-state index in [2.05, 4.69) is 4.98 Å². The first-order valence-electron chi connectivity index (χ1n) is 10.3. The summed E-state index contributed by atoms with van der Waals surface area (Å²) in [6.07, 6.45) is 8.38. The van der Waals surface area contributed by atoms with Gasteiger partial charge in [-0.25, -0.2) is 4.79 Å². The van der Waals surface area contributed by atoms with Gasteiger partial charge in [0.1, 0.15) is 18.4 Å². The molecular formula is C23H26N2O4. The number of fused-ring (bicyclic) bond motifs is 1. The van der Waals surface area contributed by atoms with Crippen LogP contribution in [0.5, 0.6) is 5.75 Å². The molecule has 4 rings (SSSR count). The number of aromatic nitrogens is 1. The Labute approximate surface area is 170 Å². The van der Waals surface area contributed by atoms with Crippen molar-refractivity contribution >= 4 is 11.9 Å². The fourth-order valence-electron chi connectivity index (χ4n) is 4.70. The van der Waals surface area contributed by atoms with Crippen LogP contribution in [0.25, 0.3) is 0 Å². The van der Waals surface area contributed by atoms with Gasteiger partial charge in [-0.2, -0.15) is 0 Å². The minimum absolute atomic E-state index is 0.0716. The molecule has 1 saturated carbocycles. The highest BCUT2D eigenvalue weighted by molar-refractivity contribution is 5.86. The summed E-state index contributed by atoms with van der Waals surface area (Å²) in [5, 5.41) is 9.65. The maximum Gasteiger partial charge on any atom is 0.326 e. The molecule has 1 N–H and O–H groups in total. The average molecular weight is 394 g/mol. The second-order valence-electron chi connectivity index (χ2n) is 7.98. The second kappa shape index (κ2) is 8.64. The Morgan fingerprint density at radius 1 is 1.14 bits per heavy atom. The zero-order valence-corrected chi connectivity index (χ0v) is 16.4. The molecule has 1 aliphatic heterocycles. The highest BCUT2D eigenvalue weighted by Gasteiger charge is 2.47. The van der Waals surface area contributed by atoms with Crippen LogP contribution in [0.3, 0.4) is 0 Å². The lowest BCUT2D eigenvalue weighted by molar-refractivity contribution is -0.149. The van der Waals surface area contributed by atoms with Gasteiger partial charge < -0.3 is 14.7 Å². The van der Waals surface area contributed by atoms with Crippen LogP contribution in [-0.4, -0.2) is 39.0 Å². The number of benzene rings is 1. The van der Waals surface area contributed by atoms with Crippen LogP contribution in [0, 0.1) is 5.92 Å². The van der Waals surface area contributed by atoms with E-state index in [0.29, 0.717) is 24.7 Å². The van der Waals surface area contributed by atoms with Crippen LogP contribution < -0.4 is 4.74 Å². The van der Waals surface area contributed by atoms with Gasteiger partial charge >= 0.3 is 5.97 Å². The molecule has 2 heterocycles. The van der Waals surface area contributed by atoms with Crippen molar-refractivity contribution in [2.75, 3.05) is 0 Å². The standard InChI is InChI=1S/C23H26N2O4/c26-22(25-20-9-2-1-7-18(20)13-21(25)23(27)28)12-16-5-3-8-19(11-16)29-15-17-6-4-10-24-14-17/h3-6,8,10-11,14,18,20-21H,1-2,7,9,12-13,15H2,(H,27,28). The van der Waals surface area contributed by atoms with Crippen molar-refractivity contribution in [2.24, 2.45) is 5.92 Å². The van der Waals surface area contributed by atoms with E-state index in [-0.39, 0.29) is 18.4 Å². The third-order valence-corrected chi connectivity index (χ3v) is 6.04. The molecule has 0 spiro atoms. The number of ether oxygens (including phenoxy) is 1. The Kier molecular flexibility index (Phi) is 5.79. The van der Waals surface area contributed by atoms with E-state index in [4.69, 9.17) is 4.74 Å². The molecule has 1 aliphatic carbocycles. The van der Waals surface area contributed by atoms with Gasteiger partial charge in [-0.1, -0.05) is 31.0 Å². The number of hydrogen-bond donors (Lipinski definition) is 1. The Hall–Kier alpha value is -2.89. The van der Waals surface area contributed by atoms with Crippen LogP contribution in [0.2, 0.25) is 0 Å². The lowest BCUT2D eigenvalue weighted by Gasteiger charge is -2.33. The number of carboxylic acids is 1. The molecule has 0 radical (unpaired) electrons. The Morgan fingerprint density at radius 2 is 1.97 bits per heavy atom. The predicted octanol–water partition coefficient (Wildman–Crippen LogP) is 3.45. The molecule has 1 amide bonds. The average Bonchev–Trinajstić information content (AvgIpc) is 3.13. The largest absolute Gasteiger partial charge is 0.489 e. The number of likely N-dealkylation sites (tertiary alicyclic amines) is 1. The maximum atomic E-state index is 13.1. The van der Waals surface area contributed by atoms with Crippen molar-refractivity contribution < 1.29 is 19.4 Å². The number of carbonyl (C=O) groups excluding carboxylic acids is 1. The van der Waals surface area contributed by atoms with Gasteiger partial charge in [-0.3, -0.25) is 9.78 Å². The zero-order chi connectivity index (χ0) is 20.2. The first-order valence-corrected chi connectivity index (χ1v) is 10.3. The third kappa shape index (κ3) is 4.42. The van der Waals surface area contributed by atoms with E-state index in [0.717, 1.165) is 36.8 Å². The Balaban J connectivity index is 1.44. The number of hydrogen-bond acceptors (Lipinski definition) is 4. The number of carbonyl (C=O) groups is 2. The number of rotatable bonds is 6. The van der Waals surface area contributed by atoms with E-state index in [9.17, 15) is 14.7 Å². The van der Waals surface area contributed by atoms with Crippen molar-refractivity contribution in [3.05, 3.63) is 59.9 Å². The first-order chi connectivity index (χ1) is 14.1. The van der Waals surface area contributed by atoms with Crippen LogP contribution in [0.4, 0.5) is 0 Å². The lowest BCUT2D eigenvalue weighted by Crippen LogP contribution is -2.46. The summed E-state index contributed by atoms with van der Waals surface area (Å²) in [4.78, 5) is 30.6. The van der Waals surface area contributed by atoms with Crippen molar-refractivity contribution in [1.82, 2.24) is 9.88 Å². The van der Waals surface area contributed by atoms with Crippen molar-refractivity contribution in [3.63, 3.8) is 0 Å². The topological polar surface area (TPSA) is 79.7 Å². The summed E-state index contributed by atoms with van der Waals surface area (Å²) in [7, 11) is 0. The van der Waals surface area contributed by atoms with Crippen LogP contribution in [0.15, 0.2) is 48.8 Å². The maximum absolute atomic E-state index is 13.1. The normalized spacial score (nSPS) is 23.4. The molecule has 3 unspecified atom stereocenters. The fraction of sp³-hybridized carbons (Fsp3) is 0.435. The van der Waals surface area contributed by atoms with Crippen LogP contribution in [0.1, 0.15) is 43.2 Å². The van der Waals surface area contributed by atoms with Gasteiger partial charge in [0.2, 0.25) is 5.91 Å². The summed E-state index contributed by atoms with van der Waals surface area (Å²) in [6, 6.07) is 10.7. The summed E-state index contributed by atoms with van der Waals surface area (Å²) in [5.74, 6) is 0.0198. The molecule has 6 heteroatoms. The molecule has 152 valence electrons. The summed E-state index contributed by atoms with van der Waals surface area (Å²) in [5.41, 5.74) is 1.81. The SMILES string of the molecule is O=C(O)C1CC2CCCCC2N1C(=O)Cc1cccc(OCc2cccnc2)c1. The van der Waals surface area contributed by atoms with Crippen molar-refractivity contribution in [3.8, 4) is 5.75 Å². The van der Waals surface area contributed by atoms with Crippen molar-refractivity contribution in [2.45, 2.75) is 57.2 Å². The molecule has 2 aromatic rings. The minimum atomic E-state index is -0.888. The molecule has 3 atom stereocenters. The van der Waals surface area contributed by atoms with E-state index in [1.807, 2.05) is 36.4 Å². The number of nitrogens with zero attached hydrogens (tertiary/aromatic N) is 2. The Morgan fingerprint density at radius 3 is 2.76 bits per heavy atom. The molecule has 6 nitrogen and oxygen atoms in total. The van der Waals surface area contributed by atoms with Gasteiger partial charge in [0, 0.05) is 24.0 Å². The first kappa shape index (κ1) is 19.4. The zero-order valence-electron chi connectivity index (χ0n) is 16.4. The van der Waals surface area contributed by atoms with Gasteiger partial charge in [0.05, 0.1) is 6.42 Å². The van der Waals surface area contributed by atoms with E-state index in [1.165, 1.54) is 0 Å². The molecular weight excluding hydrogens is 368 g/mol.